The number of carbonyl (C=O) groups excluding carboxylic acids is 1. The quantitative estimate of drug-likeness (QED) is 0.859. The maximum atomic E-state index is 12.2. The molecule has 3 rings (SSSR count). The number of hydrogen-bond donors (Lipinski definition) is 1. The molecule has 124 valence electrons. The van der Waals surface area contributed by atoms with E-state index in [1.165, 1.54) is 11.3 Å². The number of nitrogens with zero attached hydrogens (tertiary/aromatic N) is 4. The van der Waals surface area contributed by atoms with Gasteiger partial charge < -0.3 is 14.6 Å². The minimum absolute atomic E-state index is 0.0242. The highest BCUT2D eigenvalue weighted by Crippen LogP contribution is 2.29. The molecule has 1 aliphatic heterocycles. The van der Waals surface area contributed by atoms with Crippen LogP contribution in [0, 0.1) is 0 Å². The average Bonchev–Trinajstić information content (AvgIpc) is 3.20. The van der Waals surface area contributed by atoms with Crippen LogP contribution >= 0.6 is 11.3 Å². The summed E-state index contributed by atoms with van der Waals surface area (Å²) < 4.78 is 10.4. The van der Waals surface area contributed by atoms with Gasteiger partial charge in [0.1, 0.15) is 6.61 Å². The van der Waals surface area contributed by atoms with E-state index < -0.39 is 0 Å². The predicted octanol–water partition coefficient (Wildman–Crippen LogP) is 1.84. The third kappa shape index (κ3) is 4.12. The number of carbonyl (C=O) groups is 1. The number of amides is 1. The second kappa shape index (κ2) is 7.62. The third-order valence-corrected chi connectivity index (χ3v) is 4.37. The lowest BCUT2D eigenvalue weighted by atomic mass is 10.0. The van der Waals surface area contributed by atoms with Crippen LogP contribution in [0.1, 0.15) is 37.0 Å². The minimum Gasteiger partial charge on any atom is -0.377 e. The number of nitrogens with one attached hydrogen (secondary N) is 1. The molecule has 1 amide bonds. The van der Waals surface area contributed by atoms with Gasteiger partial charge in [-0.05, 0) is 19.4 Å². The van der Waals surface area contributed by atoms with Crippen molar-refractivity contribution in [3.05, 3.63) is 23.3 Å². The van der Waals surface area contributed by atoms with Crippen molar-refractivity contribution in [2.75, 3.05) is 25.5 Å². The first-order valence-electron chi connectivity index (χ1n) is 7.51. The largest absolute Gasteiger partial charge is 0.377 e. The van der Waals surface area contributed by atoms with Gasteiger partial charge in [0, 0.05) is 18.7 Å². The monoisotopic (exact) mass is 337 g/mol. The van der Waals surface area contributed by atoms with Crippen LogP contribution in [-0.4, -0.2) is 46.1 Å². The summed E-state index contributed by atoms with van der Waals surface area (Å²) in [6, 6.07) is -0.0242. The molecule has 0 spiro atoms. The molecule has 1 fully saturated rings. The zero-order valence-corrected chi connectivity index (χ0v) is 13.7. The van der Waals surface area contributed by atoms with E-state index in [9.17, 15) is 4.79 Å². The number of piperidine rings is 1. The fourth-order valence-corrected chi connectivity index (χ4v) is 3.22. The summed E-state index contributed by atoms with van der Waals surface area (Å²) in [5.74, 6) is 1.00. The molecular formula is C14H19N5O3S. The molecular weight excluding hydrogens is 318 g/mol. The lowest BCUT2D eigenvalue weighted by Gasteiger charge is -2.32. The number of anilines is 1. The van der Waals surface area contributed by atoms with Crippen LogP contribution in [0.4, 0.5) is 5.13 Å². The van der Waals surface area contributed by atoms with Gasteiger partial charge in [-0.2, -0.15) is 4.98 Å². The van der Waals surface area contributed by atoms with Crippen LogP contribution in [-0.2, 0) is 16.1 Å². The average molecular weight is 337 g/mol. The Morgan fingerprint density at radius 2 is 2.48 bits per heavy atom. The maximum Gasteiger partial charge on any atom is 0.244 e. The van der Waals surface area contributed by atoms with Crippen LogP contribution in [0.3, 0.4) is 0 Å². The molecule has 2 aromatic rings. The molecule has 0 saturated carbocycles. The molecule has 0 aliphatic carbocycles. The van der Waals surface area contributed by atoms with Crippen LogP contribution in [0.5, 0.6) is 0 Å². The van der Waals surface area contributed by atoms with E-state index in [2.05, 4.69) is 25.3 Å². The van der Waals surface area contributed by atoms with Crippen molar-refractivity contribution < 1.29 is 14.1 Å². The van der Waals surface area contributed by atoms with Gasteiger partial charge in [0.05, 0.1) is 12.6 Å². The van der Waals surface area contributed by atoms with Gasteiger partial charge in [-0.3, -0.25) is 9.69 Å². The molecule has 0 unspecified atom stereocenters. The predicted molar refractivity (Wildman–Crippen MR) is 83.9 cm³/mol. The van der Waals surface area contributed by atoms with E-state index in [4.69, 9.17) is 9.26 Å². The Morgan fingerprint density at radius 1 is 1.57 bits per heavy atom. The minimum atomic E-state index is -0.0801. The van der Waals surface area contributed by atoms with Crippen molar-refractivity contribution in [1.82, 2.24) is 20.0 Å². The number of aromatic nitrogens is 3. The molecule has 9 heteroatoms. The van der Waals surface area contributed by atoms with E-state index in [-0.39, 0.29) is 18.5 Å². The second-order valence-electron chi connectivity index (χ2n) is 5.35. The molecule has 3 heterocycles. The number of ether oxygens (including phenoxy) is 1. The number of hydrogen-bond acceptors (Lipinski definition) is 8. The molecule has 0 bridgehead atoms. The molecule has 1 N–H and O–H groups in total. The van der Waals surface area contributed by atoms with Crippen molar-refractivity contribution in [3.8, 4) is 0 Å². The highest BCUT2D eigenvalue weighted by atomic mass is 32.1. The van der Waals surface area contributed by atoms with Gasteiger partial charge in [0.25, 0.3) is 0 Å². The van der Waals surface area contributed by atoms with Gasteiger partial charge in [0.2, 0.25) is 11.8 Å². The molecule has 0 radical (unpaired) electrons. The van der Waals surface area contributed by atoms with Crippen molar-refractivity contribution in [3.63, 3.8) is 0 Å². The van der Waals surface area contributed by atoms with Crippen molar-refractivity contribution in [2.24, 2.45) is 0 Å². The van der Waals surface area contributed by atoms with Gasteiger partial charge in [-0.25, -0.2) is 4.98 Å². The summed E-state index contributed by atoms with van der Waals surface area (Å²) >= 11 is 1.40. The van der Waals surface area contributed by atoms with Crippen molar-refractivity contribution in [1.29, 1.82) is 0 Å². The fourth-order valence-electron chi connectivity index (χ4n) is 2.68. The Morgan fingerprint density at radius 3 is 3.26 bits per heavy atom. The summed E-state index contributed by atoms with van der Waals surface area (Å²) in [6.45, 7) is 1.44. The second-order valence-corrected chi connectivity index (χ2v) is 6.24. The van der Waals surface area contributed by atoms with Gasteiger partial charge in [-0.15, -0.1) is 11.3 Å². The highest BCUT2D eigenvalue weighted by molar-refractivity contribution is 7.13. The zero-order valence-electron chi connectivity index (χ0n) is 12.9. The smallest absolute Gasteiger partial charge is 0.244 e. The molecule has 23 heavy (non-hydrogen) atoms. The summed E-state index contributed by atoms with van der Waals surface area (Å²) in [5, 5.41) is 9.16. The summed E-state index contributed by atoms with van der Waals surface area (Å²) in [5.41, 5.74) is 0. The Bertz CT molecular complexity index is 630. The van der Waals surface area contributed by atoms with Gasteiger partial charge in [-0.1, -0.05) is 11.6 Å². The van der Waals surface area contributed by atoms with Crippen LogP contribution < -0.4 is 5.32 Å². The number of methoxy groups -OCH3 is 1. The van der Waals surface area contributed by atoms with Crippen LogP contribution in [0.2, 0.25) is 0 Å². The number of thiazole rings is 1. The molecule has 1 saturated heterocycles. The Labute approximate surface area is 137 Å². The third-order valence-electron chi connectivity index (χ3n) is 3.68. The number of likely N-dealkylation sites (tertiary alicyclic amines) is 1. The Balaban J connectivity index is 1.64. The summed E-state index contributed by atoms with van der Waals surface area (Å²) in [7, 11) is 1.59. The number of rotatable bonds is 6. The molecule has 1 aliphatic rings. The first-order valence-corrected chi connectivity index (χ1v) is 8.39. The highest BCUT2D eigenvalue weighted by Gasteiger charge is 2.30. The maximum absolute atomic E-state index is 12.2. The van der Waals surface area contributed by atoms with Crippen LogP contribution in [0.25, 0.3) is 0 Å². The Hall–Kier alpha value is -1.84. The Kier molecular flexibility index (Phi) is 5.31. The molecule has 8 nitrogen and oxygen atoms in total. The van der Waals surface area contributed by atoms with Crippen molar-refractivity contribution in [2.45, 2.75) is 31.9 Å². The summed E-state index contributed by atoms with van der Waals surface area (Å²) in [4.78, 5) is 22.7. The SMILES string of the molecule is COCc1noc([C@@H]2CCCCN2CC(=O)Nc2nccs2)n1. The lowest BCUT2D eigenvalue weighted by Crippen LogP contribution is -2.39. The van der Waals surface area contributed by atoms with E-state index in [1.54, 1.807) is 13.3 Å². The lowest BCUT2D eigenvalue weighted by molar-refractivity contribution is -0.118. The first kappa shape index (κ1) is 16.0. The molecule has 2 aromatic heterocycles. The van der Waals surface area contributed by atoms with E-state index in [1.807, 2.05) is 5.38 Å². The molecule has 0 aromatic carbocycles. The van der Waals surface area contributed by atoms with Gasteiger partial charge in [0.15, 0.2) is 11.0 Å². The molecule has 1 atom stereocenters. The summed E-state index contributed by atoms with van der Waals surface area (Å²) in [6.07, 6.45) is 4.70. The van der Waals surface area contributed by atoms with Crippen molar-refractivity contribution >= 4 is 22.4 Å². The van der Waals surface area contributed by atoms with Crippen LogP contribution in [0.15, 0.2) is 16.1 Å². The van der Waals surface area contributed by atoms with Gasteiger partial charge >= 0.3 is 0 Å². The zero-order chi connectivity index (χ0) is 16.1. The van der Waals surface area contributed by atoms with E-state index in [0.717, 1.165) is 25.8 Å². The first-order chi connectivity index (χ1) is 11.3. The normalized spacial score (nSPS) is 18.9. The standard InChI is InChI=1S/C14H19N5O3S/c1-21-9-11-16-13(22-18-11)10-4-2-3-6-19(10)8-12(20)17-14-15-5-7-23-14/h5,7,10H,2-4,6,8-9H2,1H3,(H,15,17,20)/t10-/m0/s1. The topological polar surface area (TPSA) is 93.4 Å². The fraction of sp³-hybridized carbons (Fsp3) is 0.571. The van der Waals surface area contributed by atoms with E-state index >= 15 is 0 Å². The van der Waals surface area contributed by atoms with E-state index in [0.29, 0.717) is 23.5 Å².